The van der Waals surface area contributed by atoms with Crippen LogP contribution < -0.4 is 10.6 Å². The van der Waals surface area contributed by atoms with E-state index in [-0.39, 0.29) is 17.6 Å². The van der Waals surface area contributed by atoms with E-state index in [4.69, 9.17) is 0 Å². The third kappa shape index (κ3) is 3.82. The summed E-state index contributed by atoms with van der Waals surface area (Å²) >= 11 is 0. The Kier molecular flexibility index (Phi) is 4.73. The molecular formula is C16H18N4O2. The second-order valence-electron chi connectivity index (χ2n) is 5.02. The summed E-state index contributed by atoms with van der Waals surface area (Å²) < 4.78 is 0. The molecule has 0 saturated heterocycles. The average molecular weight is 298 g/mol. The summed E-state index contributed by atoms with van der Waals surface area (Å²) in [6.07, 6.45) is 1.49. The van der Waals surface area contributed by atoms with Crippen LogP contribution in [0.4, 0.5) is 16.2 Å². The third-order valence-corrected chi connectivity index (χ3v) is 3.04. The van der Waals surface area contributed by atoms with Crippen molar-refractivity contribution in [2.75, 3.05) is 24.7 Å². The molecular weight excluding hydrogens is 280 g/mol. The van der Waals surface area contributed by atoms with E-state index in [1.807, 2.05) is 31.2 Å². The fraction of sp³-hybridized carbons (Fsp3) is 0.188. The lowest BCUT2D eigenvalue weighted by atomic mass is 10.2. The Labute approximate surface area is 129 Å². The summed E-state index contributed by atoms with van der Waals surface area (Å²) in [7, 11) is 3.30. The van der Waals surface area contributed by atoms with E-state index >= 15 is 0 Å². The van der Waals surface area contributed by atoms with E-state index in [1.54, 1.807) is 26.2 Å². The Morgan fingerprint density at radius 3 is 2.50 bits per heavy atom. The lowest BCUT2D eigenvalue weighted by Crippen LogP contribution is -2.23. The van der Waals surface area contributed by atoms with Crippen molar-refractivity contribution in [3.63, 3.8) is 0 Å². The number of carbonyl (C=O) groups excluding carboxylic acids is 2. The number of amides is 3. The summed E-state index contributed by atoms with van der Waals surface area (Å²) in [5, 5.41) is 5.46. The van der Waals surface area contributed by atoms with Crippen molar-refractivity contribution in [3.05, 3.63) is 53.9 Å². The largest absolute Gasteiger partial charge is 0.343 e. The minimum atomic E-state index is -0.372. The van der Waals surface area contributed by atoms with Crippen molar-refractivity contribution >= 4 is 23.3 Å². The maximum Gasteiger partial charge on any atom is 0.323 e. The molecule has 114 valence electrons. The summed E-state index contributed by atoms with van der Waals surface area (Å²) in [5.41, 5.74) is 2.49. The molecule has 22 heavy (non-hydrogen) atoms. The van der Waals surface area contributed by atoms with Gasteiger partial charge in [-0.1, -0.05) is 18.2 Å². The molecule has 0 fully saturated rings. The number of nitrogens with one attached hydrogen (secondary N) is 2. The Morgan fingerprint density at radius 1 is 1.09 bits per heavy atom. The molecule has 0 aliphatic carbocycles. The number of nitrogens with zero attached hydrogens (tertiary/aromatic N) is 2. The van der Waals surface area contributed by atoms with Gasteiger partial charge >= 0.3 is 6.03 Å². The molecule has 2 rings (SSSR count). The summed E-state index contributed by atoms with van der Waals surface area (Å²) in [6, 6.07) is 10.3. The van der Waals surface area contributed by atoms with Crippen molar-refractivity contribution < 1.29 is 9.59 Å². The number of carbonyl (C=O) groups is 2. The second kappa shape index (κ2) is 6.71. The molecule has 0 aliphatic heterocycles. The van der Waals surface area contributed by atoms with Gasteiger partial charge < -0.3 is 15.5 Å². The number of benzene rings is 1. The lowest BCUT2D eigenvalue weighted by molar-refractivity contribution is 0.0822. The highest BCUT2D eigenvalue weighted by Crippen LogP contribution is 2.14. The van der Waals surface area contributed by atoms with Crippen LogP contribution in [0, 0.1) is 6.92 Å². The van der Waals surface area contributed by atoms with Gasteiger partial charge in [-0.3, -0.25) is 9.78 Å². The Bertz CT molecular complexity index is 698. The van der Waals surface area contributed by atoms with Crippen LogP contribution in [-0.4, -0.2) is 35.9 Å². The number of urea groups is 1. The van der Waals surface area contributed by atoms with E-state index in [9.17, 15) is 9.59 Å². The SMILES string of the molecule is Cc1ccccc1NC(=O)Nc1ccnc(C(=O)N(C)C)c1. The first-order chi connectivity index (χ1) is 10.5. The predicted octanol–water partition coefficient (Wildman–Crippen LogP) is 2.74. The van der Waals surface area contributed by atoms with Gasteiger partial charge in [0.1, 0.15) is 5.69 Å². The molecule has 3 amide bonds. The molecule has 1 heterocycles. The van der Waals surface area contributed by atoms with Gasteiger partial charge in [0.05, 0.1) is 0 Å². The van der Waals surface area contributed by atoms with Crippen molar-refractivity contribution in [1.82, 2.24) is 9.88 Å². The molecule has 1 aromatic heterocycles. The molecule has 0 unspecified atom stereocenters. The number of pyridine rings is 1. The third-order valence-electron chi connectivity index (χ3n) is 3.04. The minimum Gasteiger partial charge on any atom is -0.343 e. The Hall–Kier alpha value is -2.89. The highest BCUT2D eigenvalue weighted by molar-refractivity contribution is 6.01. The maximum atomic E-state index is 12.0. The molecule has 0 aliphatic rings. The van der Waals surface area contributed by atoms with Crippen LogP contribution in [0.3, 0.4) is 0 Å². The van der Waals surface area contributed by atoms with Gasteiger partial charge in [0.15, 0.2) is 0 Å². The topological polar surface area (TPSA) is 74.3 Å². The van der Waals surface area contributed by atoms with Crippen LogP contribution in [0.2, 0.25) is 0 Å². The zero-order valence-electron chi connectivity index (χ0n) is 12.8. The number of rotatable bonds is 3. The first kappa shape index (κ1) is 15.5. The first-order valence-corrected chi connectivity index (χ1v) is 6.78. The lowest BCUT2D eigenvalue weighted by Gasteiger charge is -2.12. The van der Waals surface area contributed by atoms with Crippen LogP contribution >= 0.6 is 0 Å². The van der Waals surface area contributed by atoms with Gasteiger partial charge in [0.2, 0.25) is 0 Å². The number of hydrogen-bond acceptors (Lipinski definition) is 3. The fourth-order valence-electron chi connectivity index (χ4n) is 1.85. The van der Waals surface area contributed by atoms with Crippen LogP contribution in [0.25, 0.3) is 0 Å². The smallest absolute Gasteiger partial charge is 0.323 e. The van der Waals surface area contributed by atoms with E-state index in [0.29, 0.717) is 5.69 Å². The molecule has 0 spiro atoms. The quantitative estimate of drug-likeness (QED) is 0.915. The van der Waals surface area contributed by atoms with E-state index < -0.39 is 0 Å². The molecule has 0 saturated carbocycles. The molecule has 0 bridgehead atoms. The minimum absolute atomic E-state index is 0.219. The predicted molar refractivity (Wildman–Crippen MR) is 86.1 cm³/mol. The number of hydrogen-bond donors (Lipinski definition) is 2. The van der Waals surface area contributed by atoms with E-state index in [2.05, 4.69) is 15.6 Å². The van der Waals surface area contributed by atoms with Crippen molar-refractivity contribution in [3.8, 4) is 0 Å². The molecule has 2 aromatic rings. The van der Waals surface area contributed by atoms with Gasteiger partial charge in [0.25, 0.3) is 5.91 Å². The second-order valence-corrected chi connectivity index (χ2v) is 5.02. The monoisotopic (exact) mass is 298 g/mol. The Morgan fingerprint density at radius 2 is 1.82 bits per heavy atom. The van der Waals surface area contributed by atoms with Gasteiger partial charge in [-0.05, 0) is 30.7 Å². The van der Waals surface area contributed by atoms with Crippen LogP contribution in [0.15, 0.2) is 42.6 Å². The van der Waals surface area contributed by atoms with Crippen molar-refractivity contribution in [2.24, 2.45) is 0 Å². The number of anilines is 2. The van der Waals surface area contributed by atoms with Gasteiger partial charge in [0, 0.05) is 31.7 Å². The Balaban J connectivity index is 2.08. The van der Waals surface area contributed by atoms with Crippen molar-refractivity contribution in [1.29, 1.82) is 0 Å². The average Bonchev–Trinajstić information content (AvgIpc) is 2.49. The summed E-state index contributed by atoms with van der Waals surface area (Å²) in [4.78, 5) is 29.3. The van der Waals surface area contributed by atoms with Crippen molar-refractivity contribution in [2.45, 2.75) is 6.92 Å². The van der Waals surface area contributed by atoms with Crippen LogP contribution in [0.5, 0.6) is 0 Å². The molecule has 6 nitrogen and oxygen atoms in total. The maximum absolute atomic E-state index is 12.0. The van der Waals surface area contributed by atoms with E-state index in [1.165, 1.54) is 11.1 Å². The van der Waals surface area contributed by atoms with Gasteiger partial charge in [-0.2, -0.15) is 0 Å². The number of aromatic nitrogens is 1. The molecule has 2 N–H and O–H groups in total. The number of aryl methyl sites for hydroxylation is 1. The van der Waals surface area contributed by atoms with Gasteiger partial charge in [-0.15, -0.1) is 0 Å². The van der Waals surface area contributed by atoms with E-state index in [0.717, 1.165) is 11.3 Å². The zero-order valence-corrected chi connectivity index (χ0v) is 12.8. The highest BCUT2D eigenvalue weighted by Gasteiger charge is 2.11. The fourth-order valence-corrected chi connectivity index (χ4v) is 1.85. The normalized spacial score (nSPS) is 9.95. The zero-order chi connectivity index (χ0) is 16.1. The van der Waals surface area contributed by atoms with Gasteiger partial charge in [-0.25, -0.2) is 4.79 Å². The molecule has 0 atom stereocenters. The molecule has 0 radical (unpaired) electrons. The summed E-state index contributed by atoms with van der Waals surface area (Å²) in [5.74, 6) is -0.219. The van der Waals surface area contributed by atoms with Crippen LogP contribution in [-0.2, 0) is 0 Å². The molecule has 6 heteroatoms. The summed E-state index contributed by atoms with van der Waals surface area (Å²) in [6.45, 7) is 1.91. The number of para-hydroxylation sites is 1. The first-order valence-electron chi connectivity index (χ1n) is 6.78. The molecule has 1 aromatic carbocycles. The van der Waals surface area contributed by atoms with Crippen LogP contribution in [0.1, 0.15) is 16.1 Å². The highest BCUT2D eigenvalue weighted by atomic mass is 16.2. The standard InChI is InChI=1S/C16H18N4O2/c1-11-6-4-5-7-13(11)19-16(22)18-12-8-9-17-14(10-12)15(21)20(2)3/h4-10H,1-3H3,(H2,17,18,19,22).